The first-order valence-electron chi connectivity index (χ1n) is 15.9. The lowest BCUT2D eigenvalue weighted by atomic mass is 9.90. The maximum Gasteiger partial charge on any atom is 0.344 e. The highest BCUT2D eigenvalue weighted by atomic mass is 19.2. The number of hydrogen-bond acceptors (Lipinski definition) is 7. The molecule has 1 aliphatic heterocycles. The van der Waals surface area contributed by atoms with Crippen molar-refractivity contribution in [3.8, 4) is 5.75 Å². The van der Waals surface area contributed by atoms with Crippen LogP contribution in [0.1, 0.15) is 80.4 Å². The van der Waals surface area contributed by atoms with Crippen molar-refractivity contribution in [1.82, 2.24) is 20.9 Å². The molecule has 3 aromatic rings. The first-order chi connectivity index (χ1) is 23.7. The number of ketones is 1. The number of piperidine rings is 1. The van der Waals surface area contributed by atoms with E-state index < -0.39 is 89.2 Å². The van der Waals surface area contributed by atoms with E-state index in [1.54, 1.807) is 18.2 Å². The summed E-state index contributed by atoms with van der Waals surface area (Å²) in [4.78, 5) is 65.7. The van der Waals surface area contributed by atoms with Gasteiger partial charge in [0.2, 0.25) is 17.6 Å². The normalized spacial score (nSPS) is 14.3. The molecule has 2 aromatic carbocycles. The van der Waals surface area contributed by atoms with Crippen LogP contribution in [0.15, 0.2) is 24.3 Å². The average molecular weight is 721 g/mol. The lowest BCUT2D eigenvalue weighted by molar-refractivity contribution is -0.132. The van der Waals surface area contributed by atoms with Gasteiger partial charge in [0.15, 0.2) is 35.7 Å². The molecule has 0 radical (unpaired) electrons. The maximum absolute atomic E-state index is 14.0. The van der Waals surface area contributed by atoms with Crippen LogP contribution in [0.4, 0.5) is 22.0 Å². The molecule has 1 aromatic heterocycles. The summed E-state index contributed by atoms with van der Waals surface area (Å²) in [6, 6.07) is 5.12. The monoisotopic (exact) mass is 720 g/mol. The van der Waals surface area contributed by atoms with Crippen molar-refractivity contribution in [2.45, 2.75) is 59.9 Å². The summed E-state index contributed by atoms with van der Waals surface area (Å²) < 4.78 is 78.0. The molecule has 1 aliphatic rings. The zero-order valence-electron chi connectivity index (χ0n) is 28.5. The average Bonchev–Trinajstić information content (AvgIpc) is 3.54. The number of esters is 1. The molecular weight excluding hydrogens is 671 g/mol. The second kappa shape index (κ2) is 19.2. The largest absolute Gasteiger partial charge is 0.496 e. The van der Waals surface area contributed by atoms with Crippen LogP contribution < -0.4 is 20.7 Å². The summed E-state index contributed by atoms with van der Waals surface area (Å²) in [6.45, 7) is 9.02. The van der Waals surface area contributed by atoms with Crippen molar-refractivity contribution in [1.29, 1.82) is 0 Å². The van der Waals surface area contributed by atoms with Gasteiger partial charge in [-0.2, -0.15) is 0 Å². The van der Waals surface area contributed by atoms with Gasteiger partial charge in [-0.25, -0.2) is 26.7 Å². The van der Waals surface area contributed by atoms with Crippen molar-refractivity contribution in [2.75, 3.05) is 26.8 Å². The van der Waals surface area contributed by atoms with Crippen LogP contribution >= 0.6 is 0 Å². The standard InChI is InChI=1S/C28H25F5N4O7.C4H10.C2H6.4H2/c1-43-18-6-2-5-14-13(18)9-16(36-14)27(41)35-10-19(39)37-15(8-12-4-3-7-34-26(12)40)17(38)11-44-28(42)20-21(29)23(31)25(33)24(32)22(20)30;1-4(2)3;1-2;;;;/h2,5-6,9,12,15,36H,3-4,7-8,10-11H2,1H3,(H,34,40)(H,35,41)(H,37,39);4H,1-3H3;1-2H3;4*1H/t12-,15-;;;;;;/m0....../s1. The third kappa shape index (κ3) is 10.7. The Morgan fingerprint density at radius 2 is 1.58 bits per heavy atom. The first-order valence-corrected chi connectivity index (χ1v) is 15.9. The number of carbonyl (C=O) groups excluding carboxylic acids is 5. The fourth-order valence-electron chi connectivity index (χ4n) is 4.64. The van der Waals surface area contributed by atoms with Crippen LogP contribution in [0, 0.1) is 40.9 Å². The quantitative estimate of drug-likeness (QED) is 0.0808. The van der Waals surface area contributed by atoms with Crippen molar-refractivity contribution >= 4 is 40.4 Å². The Bertz CT molecular complexity index is 1680. The number of aromatic nitrogens is 1. The number of halogens is 5. The number of Topliss-reactive ketones (excluding diaryl/α,β-unsaturated/α-hetero) is 1. The highest BCUT2D eigenvalue weighted by Gasteiger charge is 2.33. The van der Waals surface area contributed by atoms with Crippen LogP contribution in [0.3, 0.4) is 0 Å². The topological polar surface area (TPSA) is 156 Å². The molecule has 3 amide bonds. The Hall–Kier alpha value is -5.02. The molecule has 2 heterocycles. The van der Waals surface area contributed by atoms with Gasteiger partial charge in [0.05, 0.1) is 19.7 Å². The Labute approximate surface area is 291 Å². The minimum Gasteiger partial charge on any atom is -0.496 e. The minimum atomic E-state index is -2.49. The maximum atomic E-state index is 14.0. The molecular formula is C34H49F5N4O7. The number of hydrogen-bond donors (Lipinski definition) is 4. The molecule has 2 atom stereocenters. The van der Waals surface area contributed by atoms with Crippen LogP contribution in [0.5, 0.6) is 5.75 Å². The molecule has 1 saturated heterocycles. The molecule has 0 spiro atoms. The number of benzene rings is 2. The second-order valence-corrected chi connectivity index (χ2v) is 11.5. The highest BCUT2D eigenvalue weighted by molar-refractivity contribution is 6.01. The predicted molar refractivity (Wildman–Crippen MR) is 181 cm³/mol. The van der Waals surface area contributed by atoms with Gasteiger partial charge in [-0.1, -0.05) is 40.7 Å². The van der Waals surface area contributed by atoms with Gasteiger partial charge >= 0.3 is 5.97 Å². The van der Waals surface area contributed by atoms with E-state index in [1.807, 2.05) is 13.8 Å². The number of methoxy groups -OCH3 is 1. The summed E-state index contributed by atoms with van der Waals surface area (Å²) >= 11 is 0. The van der Waals surface area contributed by atoms with Gasteiger partial charge in [-0.3, -0.25) is 19.2 Å². The fraction of sp³-hybridized carbons (Fsp3) is 0.441. The lowest BCUT2D eigenvalue weighted by Gasteiger charge is -2.26. The van der Waals surface area contributed by atoms with E-state index in [0.717, 1.165) is 5.92 Å². The van der Waals surface area contributed by atoms with Gasteiger partial charge in [0.1, 0.15) is 17.0 Å². The predicted octanol–water partition coefficient (Wildman–Crippen LogP) is 6.10. The Kier molecular flexibility index (Phi) is 15.8. The molecule has 282 valence electrons. The smallest absolute Gasteiger partial charge is 0.344 e. The van der Waals surface area contributed by atoms with Crippen molar-refractivity contribution < 1.29 is 61.1 Å². The zero-order chi connectivity index (χ0) is 37.7. The van der Waals surface area contributed by atoms with Crippen molar-refractivity contribution in [3.05, 3.63) is 64.6 Å². The molecule has 1 fully saturated rings. The van der Waals surface area contributed by atoms with Gasteiger partial charge < -0.3 is 30.4 Å². The van der Waals surface area contributed by atoms with E-state index in [9.17, 15) is 45.9 Å². The van der Waals surface area contributed by atoms with Gasteiger partial charge in [0.25, 0.3) is 5.91 Å². The molecule has 11 nitrogen and oxygen atoms in total. The summed E-state index contributed by atoms with van der Waals surface area (Å²) in [6.07, 6.45) is 0.633. The van der Waals surface area contributed by atoms with Crippen LogP contribution in [-0.2, 0) is 19.1 Å². The number of ether oxygens (including phenoxy) is 2. The lowest BCUT2D eigenvalue weighted by Crippen LogP contribution is -2.49. The molecule has 4 rings (SSSR count). The number of amides is 3. The SMILES string of the molecule is CC.CC(C)C.COc1cccc2[nH]c(C(=O)NCC(=O)N[C@@H](C[C@@H]3CCCNC3=O)C(=O)COC(=O)c3c(F)c(F)c(F)c(F)c3F)cc12.[HH].[HH].[HH].[HH]. The summed E-state index contributed by atoms with van der Waals surface area (Å²) in [7, 11) is 1.46. The molecule has 0 bridgehead atoms. The Morgan fingerprint density at radius 3 is 2.16 bits per heavy atom. The molecule has 0 aliphatic carbocycles. The number of nitrogens with one attached hydrogen (secondary N) is 4. The number of aromatic amines is 1. The summed E-state index contributed by atoms with van der Waals surface area (Å²) in [5.74, 6) is -16.6. The van der Waals surface area contributed by atoms with Gasteiger partial charge in [0, 0.05) is 29.1 Å². The van der Waals surface area contributed by atoms with E-state index in [2.05, 4.69) is 46.4 Å². The Balaban J connectivity index is -0.00000244. The first kappa shape index (κ1) is 41.2. The molecule has 0 unspecified atom stereocenters. The number of fused-ring (bicyclic) bond motifs is 1. The van der Waals surface area contributed by atoms with E-state index in [-0.39, 0.29) is 17.8 Å². The van der Waals surface area contributed by atoms with Crippen molar-refractivity contribution in [2.24, 2.45) is 11.8 Å². The third-order valence-corrected chi connectivity index (χ3v) is 6.90. The van der Waals surface area contributed by atoms with E-state index in [1.165, 1.54) is 13.2 Å². The highest BCUT2D eigenvalue weighted by Crippen LogP contribution is 2.26. The number of carbonyl (C=O) groups is 5. The molecule has 50 heavy (non-hydrogen) atoms. The molecule has 0 saturated carbocycles. The summed E-state index contributed by atoms with van der Waals surface area (Å²) in [5, 5.41) is 7.91. The summed E-state index contributed by atoms with van der Waals surface area (Å²) in [5.41, 5.74) is -1.21. The van der Waals surface area contributed by atoms with Crippen LogP contribution in [0.2, 0.25) is 0 Å². The molecule has 4 N–H and O–H groups in total. The second-order valence-electron chi connectivity index (χ2n) is 11.5. The Morgan fingerprint density at radius 1 is 0.980 bits per heavy atom. The van der Waals surface area contributed by atoms with E-state index in [4.69, 9.17) is 4.74 Å². The molecule has 16 heteroatoms. The zero-order valence-corrected chi connectivity index (χ0v) is 28.5. The van der Waals surface area contributed by atoms with E-state index in [0.29, 0.717) is 36.0 Å². The number of rotatable bonds is 11. The van der Waals surface area contributed by atoms with Crippen LogP contribution in [-0.4, -0.2) is 67.3 Å². The van der Waals surface area contributed by atoms with Gasteiger partial charge in [-0.05, 0) is 43.4 Å². The third-order valence-electron chi connectivity index (χ3n) is 6.90. The van der Waals surface area contributed by atoms with E-state index >= 15 is 0 Å². The fourth-order valence-corrected chi connectivity index (χ4v) is 4.64. The van der Waals surface area contributed by atoms with Crippen LogP contribution in [0.25, 0.3) is 10.9 Å². The van der Waals surface area contributed by atoms with Crippen molar-refractivity contribution in [3.63, 3.8) is 0 Å². The minimum absolute atomic E-state index is 0. The van der Waals surface area contributed by atoms with Gasteiger partial charge in [-0.15, -0.1) is 0 Å². The number of H-pyrrole nitrogens is 1.